The zero-order valence-corrected chi connectivity index (χ0v) is 11.9. The van der Waals surface area contributed by atoms with Crippen LogP contribution in [-0.2, 0) is 11.3 Å². The Labute approximate surface area is 121 Å². The van der Waals surface area contributed by atoms with Gasteiger partial charge in [-0.1, -0.05) is 12.1 Å². The third kappa shape index (κ3) is 2.82. The van der Waals surface area contributed by atoms with E-state index < -0.39 is 17.7 Å². The highest BCUT2D eigenvalue weighted by Crippen LogP contribution is 2.31. The smallest absolute Gasteiger partial charge is 0.252 e. The molecule has 21 heavy (non-hydrogen) atoms. The Morgan fingerprint density at radius 1 is 1.48 bits per heavy atom. The van der Waals surface area contributed by atoms with Gasteiger partial charge in [-0.3, -0.25) is 4.79 Å². The number of fused-ring (bicyclic) bond motifs is 1. The van der Waals surface area contributed by atoms with Crippen LogP contribution in [0.25, 0.3) is 0 Å². The summed E-state index contributed by atoms with van der Waals surface area (Å²) in [5.74, 6) is -0.179. The lowest BCUT2D eigenvalue weighted by molar-refractivity contribution is -0.149. The molecule has 1 aliphatic rings. The number of carbonyl (C=O) groups excluding carboxylic acids is 1. The number of hydrogen-bond acceptors (Lipinski definition) is 3. The topological polar surface area (TPSA) is 53.3 Å². The number of nitrogens with zero attached hydrogens (tertiary/aromatic N) is 2. The predicted molar refractivity (Wildman–Crippen MR) is 71.9 cm³/mol. The number of para-hydroxylation sites is 1. The lowest BCUT2D eigenvalue weighted by Crippen LogP contribution is -2.45. The van der Waals surface area contributed by atoms with Crippen molar-refractivity contribution in [1.82, 2.24) is 4.90 Å². The van der Waals surface area contributed by atoms with Gasteiger partial charge in [-0.15, -0.1) is 0 Å². The van der Waals surface area contributed by atoms with E-state index >= 15 is 0 Å². The Hall–Kier alpha value is -2.16. The van der Waals surface area contributed by atoms with Crippen LogP contribution in [0.2, 0.25) is 0 Å². The van der Waals surface area contributed by atoms with Gasteiger partial charge in [0.15, 0.2) is 0 Å². The average molecular weight is 294 g/mol. The van der Waals surface area contributed by atoms with Crippen molar-refractivity contribution >= 4 is 5.91 Å². The monoisotopic (exact) mass is 294 g/mol. The van der Waals surface area contributed by atoms with E-state index in [1.807, 2.05) is 6.07 Å². The molecule has 0 atom stereocenters. The molecule has 2 rings (SSSR count). The highest BCUT2D eigenvalue weighted by molar-refractivity contribution is 5.82. The van der Waals surface area contributed by atoms with Crippen molar-refractivity contribution in [3.05, 3.63) is 29.3 Å². The lowest BCUT2D eigenvalue weighted by atomic mass is 9.92. The maximum Gasteiger partial charge on any atom is 0.252 e. The van der Waals surface area contributed by atoms with Gasteiger partial charge in [0.25, 0.3) is 6.43 Å². The van der Waals surface area contributed by atoms with Crippen LogP contribution in [0.1, 0.15) is 25.0 Å². The molecule has 1 aromatic rings. The van der Waals surface area contributed by atoms with E-state index in [1.54, 1.807) is 18.2 Å². The number of hydrogen-bond donors (Lipinski definition) is 0. The molecule has 0 fully saturated rings. The molecular formula is C15H16F2N2O2. The first-order valence-corrected chi connectivity index (χ1v) is 6.60. The number of halogens is 2. The van der Waals surface area contributed by atoms with Crippen molar-refractivity contribution in [2.75, 3.05) is 13.2 Å². The number of alkyl halides is 2. The van der Waals surface area contributed by atoms with E-state index in [0.717, 1.165) is 0 Å². The molecule has 0 radical (unpaired) electrons. The molecule has 0 unspecified atom stereocenters. The van der Waals surface area contributed by atoms with Gasteiger partial charge in [-0.2, -0.15) is 5.26 Å². The summed E-state index contributed by atoms with van der Waals surface area (Å²) in [5.41, 5.74) is -0.697. The summed E-state index contributed by atoms with van der Waals surface area (Å²) in [6.07, 6.45) is -2.74. The number of nitriles is 1. The van der Waals surface area contributed by atoms with Gasteiger partial charge >= 0.3 is 0 Å². The van der Waals surface area contributed by atoms with Crippen molar-refractivity contribution in [3.8, 4) is 11.8 Å². The highest BCUT2D eigenvalue weighted by atomic mass is 19.3. The van der Waals surface area contributed by atoms with Crippen molar-refractivity contribution < 1.29 is 18.3 Å². The number of rotatable bonds is 2. The third-order valence-corrected chi connectivity index (χ3v) is 3.57. The molecule has 4 nitrogen and oxygen atoms in total. The largest absolute Gasteiger partial charge is 0.490 e. The van der Waals surface area contributed by atoms with Crippen LogP contribution in [0.4, 0.5) is 8.78 Å². The molecule has 0 aromatic heterocycles. The summed E-state index contributed by atoms with van der Waals surface area (Å²) >= 11 is 0. The molecule has 6 heteroatoms. The summed E-state index contributed by atoms with van der Waals surface area (Å²) in [4.78, 5) is 13.7. The quantitative estimate of drug-likeness (QED) is 0.842. The summed E-state index contributed by atoms with van der Waals surface area (Å²) < 4.78 is 31.5. The van der Waals surface area contributed by atoms with Gasteiger partial charge in [0.2, 0.25) is 5.91 Å². The summed E-state index contributed by atoms with van der Waals surface area (Å²) in [7, 11) is 0. The Bertz CT molecular complexity index is 594. The van der Waals surface area contributed by atoms with E-state index in [1.165, 1.54) is 18.7 Å². The molecule has 0 aliphatic carbocycles. The minimum absolute atomic E-state index is 0.167. The van der Waals surface area contributed by atoms with Gasteiger partial charge in [-0.25, -0.2) is 8.78 Å². The van der Waals surface area contributed by atoms with E-state index in [0.29, 0.717) is 16.9 Å². The molecule has 0 N–H and O–H groups in total. The molecule has 1 amide bonds. The van der Waals surface area contributed by atoms with Crippen LogP contribution in [-0.4, -0.2) is 30.4 Å². The van der Waals surface area contributed by atoms with E-state index in [4.69, 9.17) is 10.00 Å². The Morgan fingerprint density at radius 3 is 2.81 bits per heavy atom. The summed E-state index contributed by atoms with van der Waals surface area (Å²) in [6.45, 7) is 3.03. The fourth-order valence-electron chi connectivity index (χ4n) is 2.18. The van der Waals surface area contributed by atoms with Gasteiger partial charge in [0.1, 0.15) is 23.8 Å². The average Bonchev–Trinajstić information content (AvgIpc) is 2.67. The summed E-state index contributed by atoms with van der Waals surface area (Å²) in [5, 5.41) is 9.05. The standard InChI is InChI=1S/C15H16F2N2O2/c1-15(2,13(16)17)14(20)19-6-7-21-12-10(8-18)4-3-5-11(12)9-19/h3-5,13H,6-7,9H2,1-2H3. The zero-order valence-electron chi connectivity index (χ0n) is 11.9. The Morgan fingerprint density at radius 2 is 2.19 bits per heavy atom. The first-order chi connectivity index (χ1) is 9.87. The van der Waals surface area contributed by atoms with Crippen molar-refractivity contribution in [3.63, 3.8) is 0 Å². The molecule has 0 spiro atoms. The van der Waals surface area contributed by atoms with Gasteiger partial charge in [0, 0.05) is 12.1 Å². The van der Waals surface area contributed by atoms with Crippen LogP contribution in [0.15, 0.2) is 18.2 Å². The van der Waals surface area contributed by atoms with E-state index in [2.05, 4.69) is 0 Å². The van der Waals surface area contributed by atoms with Gasteiger partial charge in [-0.05, 0) is 19.9 Å². The molecular weight excluding hydrogens is 278 g/mol. The second-order valence-electron chi connectivity index (χ2n) is 5.50. The van der Waals surface area contributed by atoms with Crippen LogP contribution in [0.5, 0.6) is 5.75 Å². The zero-order chi connectivity index (χ0) is 15.6. The molecule has 0 bridgehead atoms. The number of amides is 1. The SMILES string of the molecule is CC(C)(C(=O)N1CCOc2c(C#N)cccc2C1)C(F)F. The van der Waals surface area contributed by atoms with E-state index in [9.17, 15) is 13.6 Å². The van der Waals surface area contributed by atoms with Crippen molar-refractivity contribution in [1.29, 1.82) is 5.26 Å². The Balaban J connectivity index is 2.30. The minimum Gasteiger partial charge on any atom is -0.490 e. The molecule has 0 saturated carbocycles. The Kier molecular flexibility index (Phi) is 4.12. The normalized spacial score (nSPS) is 15.0. The van der Waals surface area contributed by atoms with Gasteiger partial charge < -0.3 is 9.64 Å². The lowest BCUT2D eigenvalue weighted by Gasteiger charge is -2.30. The van der Waals surface area contributed by atoms with Crippen LogP contribution >= 0.6 is 0 Å². The van der Waals surface area contributed by atoms with Crippen LogP contribution in [0.3, 0.4) is 0 Å². The first kappa shape index (κ1) is 15.2. The number of carbonyl (C=O) groups is 1. The highest BCUT2D eigenvalue weighted by Gasteiger charge is 2.41. The molecule has 0 saturated heterocycles. The second kappa shape index (κ2) is 5.68. The number of ether oxygens (including phenoxy) is 1. The number of benzene rings is 1. The molecule has 112 valence electrons. The maximum atomic E-state index is 13.0. The predicted octanol–water partition coefficient (Wildman–Crippen LogP) is 2.57. The molecule has 1 heterocycles. The fraction of sp³-hybridized carbons (Fsp3) is 0.467. The van der Waals surface area contributed by atoms with Crippen LogP contribution < -0.4 is 4.74 Å². The molecule has 1 aromatic carbocycles. The minimum atomic E-state index is -2.74. The van der Waals surface area contributed by atoms with E-state index in [-0.39, 0.29) is 19.7 Å². The summed E-state index contributed by atoms with van der Waals surface area (Å²) in [6, 6.07) is 7.07. The maximum absolute atomic E-state index is 13.0. The fourth-order valence-corrected chi connectivity index (χ4v) is 2.18. The van der Waals surface area contributed by atoms with Crippen molar-refractivity contribution in [2.24, 2.45) is 5.41 Å². The van der Waals surface area contributed by atoms with Crippen LogP contribution in [0, 0.1) is 16.7 Å². The van der Waals surface area contributed by atoms with Gasteiger partial charge in [0.05, 0.1) is 12.1 Å². The molecule has 1 aliphatic heterocycles. The first-order valence-electron chi connectivity index (χ1n) is 6.60. The van der Waals surface area contributed by atoms with Crippen molar-refractivity contribution in [2.45, 2.75) is 26.8 Å². The second-order valence-corrected chi connectivity index (χ2v) is 5.50. The third-order valence-electron chi connectivity index (χ3n) is 3.57.